The summed E-state index contributed by atoms with van der Waals surface area (Å²) in [5.41, 5.74) is 7.65. The molecule has 0 fully saturated rings. The van der Waals surface area contributed by atoms with Gasteiger partial charge in [-0.1, -0.05) is 12.1 Å². The second-order valence-electron chi connectivity index (χ2n) is 5.11. The Bertz CT molecular complexity index is 492. The molecule has 2 atom stereocenters. The Labute approximate surface area is 119 Å². The van der Waals surface area contributed by atoms with E-state index in [2.05, 4.69) is 22.2 Å². The van der Waals surface area contributed by atoms with Crippen LogP contribution in [0.3, 0.4) is 0 Å². The molecule has 2 unspecified atom stereocenters. The second kappa shape index (κ2) is 7.38. The van der Waals surface area contributed by atoms with Gasteiger partial charge < -0.3 is 20.8 Å². The fourth-order valence-electron chi connectivity index (χ4n) is 2.39. The molecule has 0 aliphatic rings. The van der Waals surface area contributed by atoms with Crippen LogP contribution in [0.4, 0.5) is 0 Å². The fraction of sp³-hybridized carbons (Fsp3) is 0.533. The normalized spacial score (nSPS) is 14.6. The van der Waals surface area contributed by atoms with Gasteiger partial charge in [0.05, 0.1) is 23.7 Å². The lowest BCUT2D eigenvalue weighted by Gasteiger charge is -2.21. The molecule has 0 aliphatic carbocycles. The van der Waals surface area contributed by atoms with Crippen LogP contribution in [0.15, 0.2) is 24.3 Å². The first-order chi connectivity index (χ1) is 9.74. The van der Waals surface area contributed by atoms with Gasteiger partial charge in [0.2, 0.25) is 0 Å². The number of ether oxygens (including phenoxy) is 1. The van der Waals surface area contributed by atoms with Gasteiger partial charge in [0.25, 0.3) is 0 Å². The van der Waals surface area contributed by atoms with Gasteiger partial charge in [0.15, 0.2) is 0 Å². The van der Waals surface area contributed by atoms with E-state index in [0.717, 1.165) is 29.7 Å². The topological polar surface area (TPSA) is 76.0 Å². The molecule has 0 spiro atoms. The highest BCUT2D eigenvalue weighted by Crippen LogP contribution is 2.16. The third-order valence-corrected chi connectivity index (χ3v) is 3.43. The van der Waals surface area contributed by atoms with E-state index >= 15 is 0 Å². The van der Waals surface area contributed by atoms with Gasteiger partial charge in [-0.3, -0.25) is 0 Å². The highest BCUT2D eigenvalue weighted by molar-refractivity contribution is 5.74. The quantitative estimate of drug-likeness (QED) is 0.689. The van der Waals surface area contributed by atoms with Crippen LogP contribution >= 0.6 is 0 Å². The molecule has 0 aliphatic heterocycles. The van der Waals surface area contributed by atoms with Gasteiger partial charge in [-0.15, -0.1) is 0 Å². The van der Waals surface area contributed by atoms with Crippen LogP contribution in [0.25, 0.3) is 11.0 Å². The molecule has 0 amide bonds. The van der Waals surface area contributed by atoms with Gasteiger partial charge in [0.1, 0.15) is 5.82 Å². The zero-order valence-electron chi connectivity index (χ0n) is 12.2. The molecule has 5 heteroatoms. The molecule has 1 heterocycles. The molecule has 0 saturated heterocycles. The number of fused-ring (bicyclic) bond motifs is 1. The maximum absolute atomic E-state index is 5.58. The Hall–Kier alpha value is -1.43. The van der Waals surface area contributed by atoms with Crippen molar-refractivity contribution in [2.24, 2.45) is 5.73 Å². The van der Waals surface area contributed by atoms with Gasteiger partial charge in [0, 0.05) is 13.2 Å². The smallest absolute Gasteiger partial charge is 0.124 e. The zero-order chi connectivity index (χ0) is 14.4. The molecule has 2 aromatic rings. The molecule has 0 radical (unpaired) electrons. The lowest BCUT2D eigenvalue weighted by Crippen LogP contribution is -2.36. The van der Waals surface area contributed by atoms with E-state index in [1.54, 1.807) is 7.11 Å². The van der Waals surface area contributed by atoms with Gasteiger partial charge in [-0.2, -0.15) is 0 Å². The summed E-state index contributed by atoms with van der Waals surface area (Å²) in [6.45, 7) is 3.51. The molecule has 5 nitrogen and oxygen atoms in total. The number of nitrogens with one attached hydrogen (secondary N) is 2. The van der Waals surface area contributed by atoms with E-state index in [-0.39, 0.29) is 6.04 Å². The number of hydrogen-bond donors (Lipinski definition) is 3. The number of aromatic amines is 1. The van der Waals surface area contributed by atoms with Gasteiger partial charge >= 0.3 is 0 Å². The van der Waals surface area contributed by atoms with Crippen molar-refractivity contribution in [3.05, 3.63) is 30.1 Å². The largest absolute Gasteiger partial charge is 0.383 e. The average Bonchev–Trinajstić information content (AvgIpc) is 2.89. The van der Waals surface area contributed by atoms with Crippen molar-refractivity contribution in [1.82, 2.24) is 15.3 Å². The first kappa shape index (κ1) is 15.0. The number of methoxy groups -OCH3 is 1. The Kier molecular flexibility index (Phi) is 5.52. The molecule has 110 valence electrons. The summed E-state index contributed by atoms with van der Waals surface area (Å²) in [7, 11) is 1.73. The Morgan fingerprint density at radius 2 is 2.20 bits per heavy atom. The third-order valence-electron chi connectivity index (χ3n) is 3.43. The Balaban J connectivity index is 2.03. The molecular weight excluding hydrogens is 252 g/mol. The molecule has 20 heavy (non-hydrogen) atoms. The second-order valence-corrected chi connectivity index (χ2v) is 5.11. The Morgan fingerprint density at radius 3 is 2.90 bits per heavy atom. The number of rotatable bonds is 8. The first-order valence-corrected chi connectivity index (χ1v) is 7.14. The minimum atomic E-state index is 0.153. The molecule has 1 aromatic heterocycles. The van der Waals surface area contributed by atoms with Crippen molar-refractivity contribution in [2.75, 3.05) is 20.3 Å². The van der Waals surface area contributed by atoms with Crippen molar-refractivity contribution >= 4 is 11.0 Å². The first-order valence-electron chi connectivity index (χ1n) is 7.14. The summed E-state index contributed by atoms with van der Waals surface area (Å²) in [5, 5.41) is 3.56. The standard InChI is InChI=1S/C15H24N4O/c1-11(17-12(10-20-2)6-5-9-16)15-18-13-7-3-4-8-14(13)19-15/h3-4,7-8,11-12,17H,5-6,9-10,16H2,1-2H3,(H,18,19). The fourth-order valence-corrected chi connectivity index (χ4v) is 2.39. The molecule has 0 bridgehead atoms. The zero-order valence-corrected chi connectivity index (χ0v) is 12.2. The van der Waals surface area contributed by atoms with E-state index in [0.29, 0.717) is 19.2 Å². The number of benzene rings is 1. The van der Waals surface area contributed by atoms with Crippen LogP contribution in [-0.4, -0.2) is 36.3 Å². The average molecular weight is 276 g/mol. The summed E-state index contributed by atoms with van der Waals surface area (Å²) >= 11 is 0. The van der Waals surface area contributed by atoms with E-state index in [9.17, 15) is 0 Å². The van der Waals surface area contributed by atoms with Gasteiger partial charge in [-0.05, 0) is 38.4 Å². The van der Waals surface area contributed by atoms with Crippen LogP contribution in [0.2, 0.25) is 0 Å². The van der Waals surface area contributed by atoms with Crippen molar-refractivity contribution in [3.63, 3.8) is 0 Å². The molecule has 2 rings (SSSR count). The van der Waals surface area contributed by atoms with Crippen LogP contribution in [0.5, 0.6) is 0 Å². The number of imidazole rings is 1. The maximum Gasteiger partial charge on any atom is 0.124 e. The minimum absolute atomic E-state index is 0.153. The number of aromatic nitrogens is 2. The Morgan fingerprint density at radius 1 is 1.40 bits per heavy atom. The highest BCUT2D eigenvalue weighted by atomic mass is 16.5. The highest BCUT2D eigenvalue weighted by Gasteiger charge is 2.15. The summed E-state index contributed by atoms with van der Waals surface area (Å²) in [6, 6.07) is 8.52. The van der Waals surface area contributed by atoms with Crippen molar-refractivity contribution in [2.45, 2.75) is 31.8 Å². The maximum atomic E-state index is 5.58. The van der Waals surface area contributed by atoms with Crippen LogP contribution in [-0.2, 0) is 4.74 Å². The third kappa shape index (κ3) is 3.79. The summed E-state index contributed by atoms with van der Waals surface area (Å²) in [4.78, 5) is 7.98. The number of para-hydroxylation sites is 2. The van der Waals surface area contributed by atoms with E-state index in [1.165, 1.54) is 0 Å². The predicted octanol–water partition coefficient (Wildman–Crippen LogP) is 1.97. The number of nitrogens with two attached hydrogens (primary N) is 1. The minimum Gasteiger partial charge on any atom is -0.383 e. The molecule has 1 aromatic carbocycles. The number of hydrogen-bond acceptors (Lipinski definition) is 4. The summed E-state index contributed by atoms with van der Waals surface area (Å²) < 4.78 is 5.26. The van der Waals surface area contributed by atoms with Crippen molar-refractivity contribution < 1.29 is 4.74 Å². The van der Waals surface area contributed by atoms with E-state index in [1.807, 2.05) is 24.3 Å². The summed E-state index contributed by atoms with van der Waals surface area (Å²) in [5.74, 6) is 0.958. The molecular formula is C15H24N4O. The van der Waals surface area contributed by atoms with Crippen LogP contribution in [0.1, 0.15) is 31.6 Å². The lowest BCUT2D eigenvalue weighted by molar-refractivity contribution is 0.156. The lowest BCUT2D eigenvalue weighted by atomic mass is 10.1. The van der Waals surface area contributed by atoms with Gasteiger partial charge in [-0.25, -0.2) is 4.98 Å². The molecule has 0 saturated carbocycles. The monoisotopic (exact) mass is 276 g/mol. The van der Waals surface area contributed by atoms with Crippen molar-refractivity contribution in [3.8, 4) is 0 Å². The molecule has 4 N–H and O–H groups in total. The van der Waals surface area contributed by atoms with Crippen LogP contribution < -0.4 is 11.1 Å². The number of nitrogens with zero attached hydrogens (tertiary/aromatic N) is 1. The predicted molar refractivity (Wildman–Crippen MR) is 81.6 cm³/mol. The SMILES string of the molecule is COCC(CCCN)NC(C)c1nc2ccccc2[nH]1. The number of H-pyrrole nitrogens is 1. The van der Waals surface area contributed by atoms with E-state index in [4.69, 9.17) is 10.5 Å². The van der Waals surface area contributed by atoms with Crippen molar-refractivity contribution in [1.29, 1.82) is 0 Å². The summed E-state index contributed by atoms with van der Waals surface area (Å²) in [6.07, 6.45) is 2.00. The van der Waals surface area contributed by atoms with Crippen LogP contribution in [0, 0.1) is 0 Å². The van der Waals surface area contributed by atoms with E-state index < -0.39 is 0 Å².